The van der Waals surface area contributed by atoms with Crippen molar-refractivity contribution >= 4 is 34.8 Å². The van der Waals surface area contributed by atoms with Gasteiger partial charge in [-0.2, -0.15) is 0 Å². The van der Waals surface area contributed by atoms with Crippen molar-refractivity contribution in [1.82, 2.24) is 24.3 Å². The van der Waals surface area contributed by atoms with Crippen LogP contribution in [-0.2, 0) is 11.8 Å². The van der Waals surface area contributed by atoms with Crippen LogP contribution in [0.15, 0.2) is 77.7 Å². The van der Waals surface area contributed by atoms with E-state index in [-0.39, 0.29) is 17.5 Å². The van der Waals surface area contributed by atoms with Gasteiger partial charge in [-0.25, -0.2) is 19.6 Å². The third-order valence-corrected chi connectivity index (χ3v) is 8.20. The van der Waals surface area contributed by atoms with E-state index in [4.69, 9.17) is 32.0 Å². The monoisotopic (exact) mass is 610 g/mol. The second kappa shape index (κ2) is 11.9. The number of para-hydroxylation sites is 1. The van der Waals surface area contributed by atoms with Gasteiger partial charge in [-0.3, -0.25) is 14.3 Å². The molecular formula is C32H31ClN8O3. The summed E-state index contributed by atoms with van der Waals surface area (Å²) in [7, 11) is 3.44. The quantitative estimate of drug-likeness (QED) is 0.271. The van der Waals surface area contributed by atoms with Gasteiger partial charge in [-0.15, -0.1) is 0 Å². The first-order valence-electron chi connectivity index (χ1n) is 14.1. The molecule has 5 aromatic rings. The molecule has 1 fully saturated rings. The summed E-state index contributed by atoms with van der Waals surface area (Å²) < 4.78 is 8.49. The molecular weight excluding hydrogens is 580 g/mol. The molecule has 2 aromatic carbocycles. The lowest BCUT2D eigenvalue weighted by atomic mass is 10.1. The zero-order valence-electron chi connectivity index (χ0n) is 24.5. The Morgan fingerprint density at radius 3 is 2.55 bits per heavy atom. The molecule has 6 rings (SSSR count). The summed E-state index contributed by atoms with van der Waals surface area (Å²) in [6.45, 7) is 3.38. The highest BCUT2D eigenvalue weighted by Crippen LogP contribution is 2.28. The fraction of sp³-hybridized carbons (Fsp3) is 0.219. The van der Waals surface area contributed by atoms with Crippen LogP contribution in [-0.4, -0.2) is 56.5 Å². The lowest BCUT2D eigenvalue weighted by Crippen LogP contribution is -2.25. The van der Waals surface area contributed by atoms with Gasteiger partial charge in [0, 0.05) is 38.5 Å². The molecule has 0 spiro atoms. The number of ether oxygens (including phenoxy) is 1. The number of methoxy groups -OCH3 is 1. The van der Waals surface area contributed by atoms with Crippen molar-refractivity contribution in [3.8, 4) is 28.3 Å². The molecule has 1 amide bonds. The normalized spacial score (nSPS) is 14.6. The zero-order chi connectivity index (χ0) is 31.0. The number of benzene rings is 2. The van der Waals surface area contributed by atoms with Gasteiger partial charge in [-0.05, 0) is 49.7 Å². The maximum absolute atomic E-state index is 13.3. The molecule has 1 aliphatic rings. The van der Waals surface area contributed by atoms with E-state index in [0.29, 0.717) is 44.7 Å². The van der Waals surface area contributed by atoms with E-state index in [9.17, 15) is 9.59 Å². The molecule has 3 N–H and O–H groups in total. The Kier molecular flexibility index (Phi) is 7.90. The minimum Gasteiger partial charge on any atom is -0.382 e. The van der Waals surface area contributed by atoms with Gasteiger partial charge in [0.15, 0.2) is 0 Å². The molecule has 1 unspecified atom stereocenters. The minimum absolute atomic E-state index is 0.0284. The van der Waals surface area contributed by atoms with Crippen LogP contribution in [0.4, 0.5) is 17.3 Å². The highest BCUT2D eigenvalue weighted by Gasteiger charge is 2.25. The molecule has 12 heteroatoms. The Bertz CT molecular complexity index is 1920. The number of aromatic nitrogens is 5. The van der Waals surface area contributed by atoms with Gasteiger partial charge < -0.3 is 20.7 Å². The molecule has 11 nitrogen and oxygen atoms in total. The Labute approximate surface area is 258 Å². The van der Waals surface area contributed by atoms with Crippen LogP contribution >= 0.6 is 11.6 Å². The summed E-state index contributed by atoms with van der Waals surface area (Å²) in [5.41, 5.74) is 9.77. The number of carbonyl (C=O) groups excluding carboxylic acids is 1. The van der Waals surface area contributed by atoms with Crippen LogP contribution in [0.2, 0.25) is 5.02 Å². The van der Waals surface area contributed by atoms with E-state index < -0.39 is 11.5 Å². The SMILES string of the molecule is COC1CCN(c2cccc(-c3cnc(N)c(-c4ccc(NC(=O)c5c(C)n(C)n(-c6ccccc6Cl)c5=O)cc4)n3)n2)C1. The van der Waals surface area contributed by atoms with E-state index in [0.717, 1.165) is 25.3 Å². The van der Waals surface area contributed by atoms with E-state index >= 15 is 0 Å². The Hall–Kier alpha value is -5.00. The van der Waals surface area contributed by atoms with Gasteiger partial charge in [0.1, 0.15) is 28.6 Å². The number of nitrogens with one attached hydrogen (secondary N) is 1. The largest absolute Gasteiger partial charge is 0.382 e. The van der Waals surface area contributed by atoms with E-state index in [1.54, 1.807) is 80.5 Å². The first-order chi connectivity index (χ1) is 21.2. The van der Waals surface area contributed by atoms with Crippen LogP contribution < -0.4 is 21.5 Å². The van der Waals surface area contributed by atoms with Crippen molar-refractivity contribution in [2.75, 3.05) is 36.1 Å². The summed E-state index contributed by atoms with van der Waals surface area (Å²) in [5, 5.41) is 3.23. The predicted octanol–water partition coefficient (Wildman–Crippen LogP) is 4.72. The van der Waals surface area contributed by atoms with Crippen molar-refractivity contribution in [3.05, 3.63) is 99.6 Å². The van der Waals surface area contributed by atoms with Crippen LogP contribution in [0, 0.1) is 6.92 Å². The van der Waals surface area contributed by atoms with Crippen LogP contribution in [0.1, 0.15) is 22.5 Å². The average Bonchev–Trinajstić information content (AvgIpc) is 3.60. The number of amides is 1. The number of pyridine rings is 1. The molecule has 1 aliphatic heterocycles. The second-order valence-electron chi connectivity index (χ2n) is 10.5. The standard InChI is InChI=1S/C32H31ClN8O3/c1-19-28(32(43)41(39(19)2)26-9-5-4-7-23(26)33)31(42)36-21-13-11-20(12-14-21)29-30(34)35-17-25(38-29)24-8-6-10-27(37-24)40-16-15-22(18-40)44-3/h4-14,17,22H,15-16,18H2,1-3H3,(H2,34,35)(H,36,42). The summed E-state index contributed by atoms with van der Waals surface area (Å²) in [6.07, 6.45) is 2.76. The predicted molar refractivity (Wildman–Crippen MR) is 171 cm³/mol. The molecule has 1 saturated heterocycles. The highest BCUT2D eigenvalue weighted by atomic mass is 35.5. The summed E-state index contributed by atoms with van der Waals surface area (Å²) in [6, 6.07) is 19.8. The molecule has 1 atom stereocenters. The maximum atomic E-state index is 13.3. The Morgan fingerprint density at radius 2 is 1.82 bits per heavy atom. The number of hydrogen-bond donors (Lipinski definition) is 2. The van der Waals surface area contributed by atoms with Crippen LogP contribution in [0.3, 0.4) is 0 Å². The number of hydrogen-bond acceptors (Lipinski definition) is 8. The molecule has 0 aliphatic carbocycles. The van der Waals surface area contributed by atoms with Crippen LogP contribution in [0.25, 0.3) is 28.3 Å². The second-order valence-corrected chi connectivity index (χ2v) is 11.0. The summed E-state index contributed by atoms with van der Waals surface area (Å²) >= 11 is 6.34. The number of carbonyl (C=O) groups is 1. The van der Waals surface area contributed by atoms with Crippen LogP contribution in [0.5, 0.6) is 0 Å². The highest BCUT2D eigenvalue weighted by molar-refractivity contribution is 6.32. The van der Waals surface area contributed by atoms with Crippen molar-refractivity contribution in [2.45, 2.75) is 19.4 Å². The first kappa shape index (κ1) is 29.1. The van der Waals surface area contributed by atoms with Crippen molar-refractivity contribution in [3.63, 3.8) is 0 Å². The number of nitrogens with zero attached hydrogens (tertiary/aromatic N) is 6. The van der Waals surface area contributed by atoms with E-state index in [1.165, 1.54) is 4.68 Å². The average molecular weight is 611 g/mol. The molecule has 0 saturated carbocycles. The number of halogens is 1. The first-order valence-corrected chi connectivity index (χ1v) is 14.5. The number of rotatable bonds is 7. The minimum atomic E-state index is -0.524. The Morgan fingerprint density at radius 1 is 1.05 bits per heavy atom. The lowest BCUT2D eigenvalue weighted by Gasteiger charge is -2.18. The van der Waals surface area contributed by atoms with Gasteiger partial charge in [0.25, 0.3) is 11.5 Å². The number of anilines is 3. The smallest absolute Gasteiger partial charge is 0.284 e. The van der Waals surface area contributed by atoms with Crippen molar-refractivity contribution < 1.29 is 9.53 Å². The van der Waals surface area contributed by atoms with Gasteiger partial charge in [0.2, 0.25) is 0 Å². The number of nitrogens with two attached hydrogens (primary N) is 1. The number of nitrogen functional groups attached to an aromatic ring is 1. The van der Waals surface area contributed by atoms with Gasteiger partial charge in [-0.1, -0.05) is 41.9 Å². The topological polar surface area (TPSA) is 133 Å². The van der Waals surface area contributed by atoms with Crippen molar-refractivity contribution in [2.24, 2.45) is 7.05 Å². The third-order valence-electron chi connectivity index (χ3n) is 7.88. The fourth-order valence-electron chi connectivity index (χ4n) is 5.37. The Balaban J connectivity index is 1.23. The molecule has 0 bridgehead atoms. The molecule has 44 heavy (non-hydrogen) atoms. The molecule has 4 heterocycles. The molecule has 0 radical (unpaired) electrons. The molecule has 3 aromatic heterocycles. The lowest BCUT2D eigenvalue weighted by molar-refractivity contribution is 0.102. The summed E-state index contributed by atoms with van der Waals surface area (Å²) in [5.74, 6) is 0.600. The van der Waals surface area contributed by atoms with E-state index in [1.807, 2.05) is 18.2 Å². The van der Waals surface area contributed by atoms with Gasteiger partial charge in [0.05, 0.1) is 34.4 Å². The molecule has 224 valence electrons. The zero-order valence-corrected chi connectivity index (χ0v) is 25.2. The third kappa shape index (κ3) is 5.43. The maximum Gasteiger partial charge on any atom is 0.284 e. The van der Waals surface area contributed by atoms with Crippen molar-refractivity contribution in [1.29, 1.82) is 0 Å². The summed E-state index contributed by atoms with van der Waals surface area (Å²) in [4.78, 5) is 42.8. The fourth-order valence-corrected chi connectivity index (χ4v) is 5.59. The van der Waals surface area contributed by atoms with E-state index in [2.05, 4.69) is 15.2 Å². The van der Waals surface area contributed by atoms with Gasteiger partial charge >= 0.3 is 0 Å².